The van der Waals surface area contributed by atoms with Gasteiger partial charge in [0.2, 0.25) is 0 Å². The number of aryl methyl sites for hydroxylation is 1. The number of aromatic amines is 1. The van der Waals surface area contributed by atoms with Gasteiger partial charge < -0.3 is 4.98 Å². The number of thioether (sulfide) groups is 2. The SMILES string of the molecule is CCc1[nH]c(C2SCCSC2C)nc(=S)c1C. The fourth-order valence-corrected chi connectivity index (χ4v) is 4.95. The summed E-state index contributed by atoms with van der Waals surface area (Å²) in [5.41, 5.74) is 2.37. The molecule has 1 fully saturated rings. The average molecular weight is 286 g/mol. The summed E-state index contributed by atoms with van der Waals surface area (Å²) < 4.78 is 0.763. The van der Waals surface area contributed by atoms with Gasteiger partial charge in [-0.25, -0.2) is 4.98 Å². The quantitative estimate of drug-likeness (QED) is 0.834. The van der Waals surface area contributed by atoms with Crippen LogP contribution in [0.4, 0.5) is 0 Å². The van der Waals surface area contributed by atoms with Gasteiger partial charge in [0.05, 0.1) is 5.25 Å². The minimum atomic E-state index is 0.460. The molecule has 0 aromatic carbocycles. The smallest absolute Gasteiger partial charge is 0.132 e. The molecular formula is C12H18N2S3. The van der Waals surface area contributed by atoms with Gasteiger partial charge in [-0.1, -0.05) is 26.1 Å². The molecule has 0 amide bonds. The lowest BCUT2D eigenvalue weighted by atomic mass is 10.2. The maximum absolute atomic E-state index is 5.36. The molecule has 1 aromatic rings. The van der Waals surface area contributed by atoms with Crippen molar-refractivity contribution in [2.24, 2.45) is 0 Å². The van der Waals surface area contributed by atoms with Crippen LogP contribution in [0.3, 0.4) is 0 Å². The zero-order valence-corrected chi connectivity index (χ0v) is 12.9. The van der Waals surface area contributed by atoms with E-state index in [2.05, 4.69) is 30.7 Å². The molecule has 1 N–H and O–H groups in total. The van der Waals surface area contributed by atoms with E-state index in [1.807, 2.05) is 23.5 Å². The number of nitrogens with one attached hydrogen (secondary N) is 1. The maximum Gasteiger partial charge on any atom is 0.132 e. The highest BCUT2D eigenvalue weighted by atomic mass is 32.2. The molecule has 0 bridgehead atoms. The minimum absolute atomic E-state index is 0.460. The zero-order chi connectivity index (χ0) is 12.4. The van der Waals surface area contributed by atoms with Crippen molar-refractivity contribution in [2.75, 3.05) is 11.5 Å². The highest BCUT2D eigenvalue weighted by Gasteiger charge is 2.26. The van der Waals surface area contributed by atoms with Crippen molar-refractivity contribution < 1.29 is 0 Å². The van der Waals surface area contributed by atoms with Crippen LogP contribution < -0.4 is 0 Å². The van der Waals surface area contributed by atoms with Crippen LogP contribution >= 0.6 is 35.7 Å². The second kappa shape index (κ2) is 5.76. The lowest BCUT2D eigenvalue weighted by Gasteiger charge is -2.27. The van der Waals surface area contributed by atoms with Crippen LogP contribution in [-0.4, -0.2) is 26.7 Å². The monoisotopic (exact) mass is 286 g/mol. The Morgan fingerprint density at radius 2 is 2.12 bits per heavy atom. The van der Waals surface area contributed by atoms with Gasteiger partial charge in [-0.15, -0.1) is 11.8 Å². The molecule has 17 heavy (non-hydrogen) atoms. The molecule has 1 aliphatic heterocycles. The van der Waals surface area contributed by atoms with Crippen LogP contribution in [0.2, 0.25) is 0 Å². The third-order valence-corrected chi connectivity index (χ3v) is 6.58. The Morgan fingerprint density at radius 1 is 1.41 bits per heavy atom. The largest absolute Gasteiger partial charge is 0.346 e. The molecule has 0 aliphatic carbocycles. The van der Waals surface area contributed by atoms with Gasteiger partial charge in [-0.2, -0.15) is 11.8 Å². The molecule has 94 valence electrons. The summed E-state index contributed by atoms with van der Waals surface area (Å²) in [7, 11) is 0. The van der Waals surface area contributed by atoms with Crippen molar-refractivity contribution in [3.63, 3.8) is 0 Å². The molecule has 0 saturated carbocycles. The summed E-state index contributed by atoms with van der Waals surface area (Å²) in [5, 5.41) is 1.07. The van der Waals surface area contributed by atoms with Crippen molar-refractivity contribution in [2.45, 2.75) is 37.7 Å². The van der Waals surface area contributed by atoms with Gasteiger partial charge >= 0.3 is 0 Å². The van der Waals surface area contributed by atoms with Gasteiger partial charge in [0.25, 0.3) is 0 Å². The molecule has 5 heteroatoms. The fourth-order valence-electron chi connectivity index (χ4n) is 2.02. The lowest BCUT2D eigenvalue weighted by Crippen LogP contribution is -2.19. The Hall–Kier alpha value is -0.0000000000000000833. The molecule has 0 spiro atoms. The summed E-state index contributed by atoms with van der Waals surface area (Å²) in [6.07, 6.45) is 0.990. The number of nitrogens with zero attached hydrogens (tertiary/aromatic N) is 1. The molecule has 2 atom stereocenters. The maximum atomic E-state index is 5.36. The van der Waals surface area contributed by atoms with Crippen LogP contribution in [0.15, 0.2) is 0 Å². The van der Waals surface area contributed by atoms with Crippen LogP contribution in [-0.2, 0) is 6.42 Å². The Kier molecular flexibility index (Phi) is 4.55. The topological polar surface area (TPSA) is 28.7 Å². The molecule has 1 aromatic heterocycles. The minimum Gasteiger partial charge on any atom is -0.346 e. The van der Waals surface area contributed by atoms with Crippen molar-refractivity contribution in [3.8, 4) is 0 Å². The summed E-state index contributed by atoms with van der Waals surface area (Å²) in [4.78, 5) is 8.07. The van der Waals surface area contributed by atoms with Crippen LogP contribution in [0.5, 0.6) is 0 Å². The summed E-state index contributed by atoms with van der Waals surface area (Å²) in [5.74, 6) is 3.52. The molecule has 1 aliphatic rings. The fraction of sp³-hybridized carbons (Fsp3) is 0.667. The first kappa shape index (κ1) is 13.4. The molecule has 2 heterocycles. The van der Waals surface area contributed by atoms with E-state index in [9.17, 15) is 0 Å². The predicted molar refractivity (Wildman–Crippen MR) is 80.7 cm³/mol. The molecule has 0 radical (unpaired) electrons. The van der Waals surface area contributed by atoms with E-state index < -0.39 is 0 Å². The normalized spacial score (nSPS) is 24.9. The second-order valence-electron chi connectivity index (χ2n) is 4.25. The first-order chi connectivity index (χ1) is 8.13. The second-order valence-corrected chi connectivity index (χ2v) is 7.37. The van der Waals surface area contributed by atoms with Gasteiger partial charge in [0.15, 0.2) is 0 Å². The van der Waals surface area contributed by atoms with Crippen LogP contribution in [0.1, 0.15) is 36.2 Å². The van der Waals surface area contributed by atoms with E-state index >= 15 is 0 Å². The first-order valence-electron chi connectivity index (χ1n) is 5.96. The first-order valence-corrected chi connectivity index (χ1v) is 8.47. The molecule has 2 unspecified atom stereocenters. The van der Waals surface area contributed by atoms with Crippen molar-refractivity contribution in [1.82, 2.24) is 9.97 Å². The van der Waals surface area contributed by atoms with E-state index in [-0.39, 0.29) is 0 Å². The zero-order valence-electron chi connectivity index (χ0n) is 10.4. The van der Waals surface area contributed by atoms with E-state index in [0.29, 0.717) is 10.5 Å². The molecule has 2 nitrogen and oxygen atoms in total. The highest BCUT2D eigenvalue weighted by Crippen LogP contribution is 2.41. The van der Waals surface area contributed by atoms with Gasteiger partial charge in [-0.05, 0) is 13.3 Å². The van der Waals surface area contributed by atoms with E-state index in [4.69, 9.17) is 12.2 Å². The number of aromatic nitrogens is 2. The number of hydrogen-bond donors (Lipinski definition) is 1. The number of rotatable bonds is 2. The number of H-pyrrole nitrogens is 1. The van der Waals surface area contributed by atoms with E-state index in [1.165, 1.54) is 17.2 Å². The predicted octanol–water partition coefficient (Wildman–Crippen LogP) is 3.92. The van der Waals surface area contributed by atoms with Gasteiger partial charge in [0.1, 0.15) is 10.5 Å². The van der Waals surface area contributed by atoms with Crippen molar-refractivity contribution >= 4 is 35.7 Å². The standard InChI is InChI=1S/C12H18N2S3/c1-4-9-7(2)12(15)14-11(13-9)10-8(3)16-5-6-17-10/h8,10H,4-6H2,1-3H3,(H,13,14,15). The van der Waals surface area contributed by atoms with Crippen LogP contribution in [0, 0.1) is 11.6 Å². The number of hydrogen-bond acceptors (Lipinski definition) is 4. The lowest BCUT2D eigenvalue weighted by molar-refractivity contribution is 0.793. The Bertz CT molecular complexity index is 456. The molecule has 1 saturated heterocycles. The third-order valence-electron chi connectivity index (χ3n) is 3.09. The van der Waals surface area contributed by atoms with E-state index in [1.54, 1.807) is 0 Å². The van der Waals surface area contributed by atoms with Crippen molar-refractivity contribution in [1.29, 1.82) is 0 Å². The third kappa shape index (κ3) is 2.88. The summed E-state index contributed by atoms with van der Waals surface area (Å²) in [6.45, 7) is 6.50. The molecule has 2 rings (SSSR count). The van der Waals surface area contributed by atoms with Gasteiger partial charge in [-0.3, -0.25) is 0 Å². The Morgan fingerprint density at radius 3 is 2.76 bits per heavy atom. The highest BCUT2D eigenvalue weighted by molar-refractivity contribution is 8.06. The Balaban J connectivity index is 2.38. The molecular weight excluding hydrogens is 268 g/mol. The van der Waals surface area contributed by atoms with Crippen LogP contribution in [0.25, 0.3) is 0 Å². The average Bonchev–Trinajstić information content (AvgIpc) is 2.33. The van der Waals surface area contributed by atoms with E-state index in [0.717, 1.165) is 22.4 Å². The Labute approximate surface area is 116 Å². The van der Waals surface area contributed by atoms with Crippen molar-refractivity contribution in [3.05, 3.63) is 21.7 Å². The summed E-state index contributed by atoms with van der Waals surface area (Å²) in [6, 6.07) is 0. The van der Waals surface area contributed by atoms with Gasteiger partial charge in [0, 0.05) is 28.0 Å². The summed E-state index contributed by atoms with van der Waals surface area (Å²) >= 11 is 9.38.